The first-order chi connectivity index (χ1) is 12.1. The highest BCUT2D eigenvalue weighted by molar-refractivity contribution is 7.80. The molecule has 0 atom stereocenters. The van der Waals surface area contributed by atoms with Crippen LogP contribution < -0.4 is 5.43 Å². The molecule has 5 nitrogen and oxygen atoms in total. The fourth-order valence-electron chi connectivity index (χ4n) is 3.16. The maximum atomic E-state index is 5.50. The molecule has 6 heteroatoms. The van der Waals surface area contributed by atoms with Crippen LogP contribution in [-0.4, -0.2) is 38.8 Å². The molecule has 0 unspecified atom stereocenters. The molecule has 1 aliphatic heterocycles. The molecule has 1 saturated heterocycles. The van der Waals surface area contributed by atoms with Gasteiger partial charge in [-0.3, -0.25) is 15.4 Å². The summed E-state index contributed by atoms with van der Waals surface area (Å²) in [4.78, 5) is 10.8. The quantitative estimate of drug-likeness (QED) is 0.521. The highest BCUT2D eigenvalue weighted by atomic mass is 32.1. The number of aromatic nitrogens is 2. The molecule has 25 heavy (non-hydrogen) atoms. The number of thiocarbonyl (C=S) groups is 1. The van der Waals surface area contributed by atoms with E-state index in [-0.39, 0.29) is 0 Å². The second kappa shape index (κ2) is 8.16. The zero-order valence-electron chi connectivity index (χ0n) is 14.6. The van der Waals surface area contributed by atoms with E-state index in [9.17, 15) is 0 Å². The first-order valence-electron chi connectivity index (χ1n) is 8.57. The molecule has 0 radical (unpaired) electrons. The van der Waals surface area contributed by atoms with Crippen molar-refractivity contribution in [2.75, 3.05) is 13.1 Å². The predicted octanol–water partition coefficient (Wildman–Crippen LogP) is 3.26. The third-order valence-corrected chi connectivity index (χ3v) is 4.95. The van der Waals surface area contributed by atoms with Crippen molar-refractivity contribution in [3.63, 3.8) is 0 Å². The summed E-state index contributed by atoms with van der Waals surface area (Å²) in [6.45, 7) is 5.73. The Bertz CT molecular complexity index is 751. The van der Waals surface area contributed by atoms with Crippen LogP contribution in [0.1, 0.15) is 42.6 Å². The molecule has 0 bridgehead atoms. The van der Waals surface area contributed by atoms with Crippen LogP contribution in [-0.2, 0) is 0 Å². The zero-order valence-corrected chi connectivity index (χ0v) is 15.5. The second-order valence-electron chi connectivity index (χ2n) is 6.28. The molecular formula is C19H23N5S. The minimum atomic E-state index is 0.618. The van der Waals surface area contributed by atoms with E-state index in [0.717, 1.165) is 43.0 Å². The van der Waals surface area contributed by atoms with Gasteiger partial charge in [0.25, 0.3) is 0 Å². The molecule has 1 N–H and O–H groups in total. The Hall–Kier alpha value is -2.34. The molecule has 1 fully saturated rings. The van der Waals surface area contributed by atoms with Gasteiger partial charge in [0.2, 0.25) is 0 Å². The van der Waals surface area contributed by atoms with Crippen LogP contribution >= 0.6 is 12.2 Å². The number of rotatable bonds is 3. The van der Waals surface area contributed by atoms with Crippen molar-refractivity contribution in [2.24, 2.45) is 5.10 Å². The fraction of sp³-hybridized carbons (Fsp3) is 0.368. The fourth-order valence-corrected chi connectivity index (χ4v) is 3.39. The summed E-state index contributed by atoms with van der Waals surface area (Å²) in [5.41, 5.74) is 6.87. The first-order valence-corrected chi connectivity index (χ1v) is 8.98. The number of benzene rings is 1. The number of piperidine rings is 1. The van der Waals surface area contributed by atoms with Crippen molar-refractivity contribution in [1.29, 1.82) is 0 Å². The lowest BCUT2D eigenvalue weighted by Crippen LogP contribution is -2.42. The Morgan fingerprint density at radius 3 is 2.52 bits per heavy atom. The van der Waals surface area contributed by atoms with Crippen LogP contribution in [0.15, 0.2) is 47.8 Å². The largest absolute Gasteiger partial charge is 0.348 e. The van der Waals surface area contributed by atoms with Crippen molar-refractivity contribution in [2.45, 2.75) is 32.6 Å². The number of likely N-dealkylation sites (tertiary alicyclic amines) is 1. The van der Waals surface area contributed by atoms with Gasteiger partial charge in [-0.15, -0.1) is 0 Å². The van der Waals surface area contributed by atoms with Gasteiger partial charge in [0, 0.05) is 25.5 Å². The van der Waals surface area contributed by atoms with E-state index in [1.165, 1.54) is 5.56 Å². The van der Waals surface area contributed by atoms with Crippen LogP contribution in [0.25, 0.3) is 0 Å². The van der Waals surface area contributed by atoms with E-state index in [1.54, 1.807) is 12.4 Å². The Kier molecular flexibility index (Phi) is 5.71. The van der Waals surface area contributed by atoms with Crippen molar-refractivity contribution in [1.82, 2.24) is 20.3 Å². The van der Waals surface area contributed by atoms with E-state index < -0.39 is 0 Å². The summed E-state index contributed by atoms with van der Waals surface area (Å²) < 4.78 is 0. The molecule has 2 aromatic rings. The van der Waals surface area contributed by atoms with Gasteiger partial charge >= 0.3 is 0 Å². The second-order valence-corrected chi connectivity index (χ2v) is 6.66. The molecule has 2 heterocycles. The molecule has 1 aliphatic rings. The number of hydrazone groups is 1. The van der Waals surface area contributed by atoms with Crippen LogP contribution in [0.2, 0.25) is 0 Å². The lowest BCUT2D eigenvalue weighted by Gasteiger charge is -2.33. The van der Waals surface area contributed by atoms with Crippen molar-refractivity contribution in [3.8, 4) is 0 Å². The van der Waals surface area contributed by atoms with Gasteiger partial charge < -0.3 is 4.90 Å². The molecule has 1 aromatic carbocycles. The lowest BCUT2D eigenvalue weighted by atomic mass is 9.90. The standard InChI is InChI=1S/C19H23N5S/c1-14-18(21-11-10-20-14)15(2)22-23-19(25)24-12-8-17(9-13-24)16-6-4-3-5-7-16/h3-7,10-11,17H,8-9,12-13H2,1-2H3,(H,23,25). The molecular weight excluding hydrogens is 330 g/mol. The molecule has 0 spiro atoms. The number of aryl methyl sites for hydroxylation is 1. The summed E-state index contributed by atoms with van der Waals surface area (Å²) >= 11 is 5.50. The minimum Gasteiger partial charge on any atom is -0.348 e. The monoisotopic (exact) mass is 353 g/mol. The van der Waals surface area contributed by atoms with Gasteiger partial charge in [-0.2, -0.15) is 5.10 Å². The normalized spacial score (nSPS) is 15.9. The van der Waals surface area contributed by atoms with E-state index in [1.807, 2.05) is 13.8 Å². The topological polar surface area (TPSA) is 53.4 Å². The average Bonchev–Trinajstić information content (AvgIpc) is 2.67. The van der Waals surface area contributed by atoms with E-state index in [0.29, 0.717) is 11.0 Å². The zero-order chi connectivity index (χ0) is 17.6. The number of nitrogens with zero attached hydrogens (tertiary/aromatic N) is 4. The van der Waals surface area contributed by atoms with Crippen LogP contribution in [0, 0.1) is 6.92 Å². The highest BCUT2D eigenvalue weighted by Crippen LogP contribution is 2.27. The Morgan fingerprint density at radius 1 is 1.16 bits per heavy atom. The number of hydrogen-bond donors (Lipinski definition) is 1. The van der Waals surface area contributed by atoms with Crippen molar-refractivity contribution >= 4 is 23.0 Å². The predicted molar refractivity (Wildman–Crippen MR) is 105 cm³/mol. The van der Waals surface area contributed by atoms with Crippen molar-refractivity contribution < 1.29 is 0 Å². The van der Waals surface area contributed by atoms with Crippen LogP contribution in [0.4, 0.5) is 0 Å². The van der Waals surface area contributed by atoms with E-state index in [2.05, 4.69) is 55.7 Å². The molecule has 0 aliphatic carbocycles. The van der Waals surface area contributed by atoms with E-state index >= 15 is 0 Å². The third kappa shape index (κ3) is 4.39. The molecule has 0 amide bonds. The van der Waals surface area contributed by atoms with Gasteiger partial charge in [-0.25, -0.2) is 0 Å². The minimum absolute atomic E-state index is 0.618. The summed E-state index contributed by atoms with van der Waals surface area (Å²) in [5, 5.41) is 5.06. The van der Waals surface area contributed by atoms with Crippen LogP contribution in [0.3, 0.4) is 0 Å². The Labute approximate surface area is 154 Å². The Balaban J connectivity index is 1.55. The SMILES string of the molecule is CC(=NNC(=S)N1CCC(c2ccccc2)CC1)c1nccnc1C. The molecule has 3 rings (SSSR count). The first kappa shape index (κ1) is 17.5. The third-order valence-electron chi connectivity index (χ3n) is 4.60. The molecule has 1 aromatic heterocycles. The van der Waals surface area contributed by atoms with Crippen molar-refractivity contribution in [3.05, 3.63) is 59.7 Å². The Morgan fingerprint density at radius 2 is 1.84 bits per heavy atom. The summed E-state index contributed by atoms with van der Waals surface area (Å²) in [6.07, 6.45) is 5.57. The summed E-state index contributed by atoms with van der Waals surface area (Å²) in [7, 11) is 0. The van der Waals surface area contributed by atoms with Gasteiger partial charge in [-0.1, -0.05) is 30.3 Å². The van der Waals surface area contributed by atoms with E-state index in [4.69, 9.17) is 12.2 Å². The summed E-state index contributed by atoms with van der Waals surface area (Å²) in [5.74, 6) is 0.618. The number of hydrogen-bond acceptors (Lipinski definition) is 4. The van der Waals surface area contributed by atoms with Crippen LogP contribution in [0.5, 0.6) is 0 Å². The number of nitrogens with one attached hydrogen (secondary N) is 1. The van der Waals surface area contributed by atoms with Gasteiger partial charge in [-0.05, 0) is 50.4 Å². The lowest BCUT2D eigenvalue weighted by molar-refractivity contribution is 0.310. The van der Waals surface area contributed by atoms with Gasteiger partial charge in [0.15, 0.2) is 5.11 Å². The summed E-state index contributed by atoms with van der Waals surface area (Å²) in [6, 6.07) is 10.7. The molecule has 0 saturated carbocycles. The maximum absolute atomic E-state index is 5.50. The molecule has 130 valence electrons. The average molecular weight is 353 g/mol. The van der Waals surface area contributed by atoms with Gasteiger partial charge in [0.05, 0.1) is 11.4 Å². The van der Waals surface area contributed by atoms with Gasteiger partial charge in [0.1, 0.15) is 5.69 Å². The smallest absolute Gasteiger partial charge is 0.189 e. The maximum Gasteiger partial charge on any atom is 0.189 e. The highest BCUT2D eigenvalue weighted by Gasteiger charge is 2.21.